The molecule has 0 spiro atoms. The number of rotatable bonds is 8. The van der Waals surface area contributed by atoms with Crippen LogP contribution in [0.5, 0.6) is 0 Å². The highest BCUT2D eigenvalue weighted by Gasteiger charge is 2.51. The number of para-hydroxylation sites is 2. The molecule has 1 saturated heterocycles. The van der Waals surface area contributed by atoms with E-state index in [1.165, 1.54) is 0 Å². The second-order valence-corrected chi connectivity index (χ2v) is 24.1. The van der Waals surface area contributed by atoms with Crippen molar-refractivity contribution in [1.82, 2.24) is 29.9 Å². The Morgan fingerprint density at radius 1 is 0.304 bits per heavy atom. The zero-order valence-corrected chi connectivity index (χ0v) is 51.6. The molecule has 0 radical (unpaired) electrons. The molecule has 12 aromatic carbocycles. The number of nitrogens with zero attached hydrogens (tertiary/aromatic N) is 6. The van der Waals surface area contributed by atoms with Crippen molar-refractivity contribution in [2.45, 2.75) is 38.9 Å². The summed E-state index contributed by atoms with van der Waals surface area (Å²) < 4.78 is 24.9. The Balaban J connectivity index is 0.000000123. The summed E-state index contributed by atoms with van der Waals surface area (Å²) in [6, 6.07) is 93.6. The van der Waals surface area contributed by atoms with E-state index in [-0.39, 0.29) is 0 Å². The van der Waals surface area contributed by atoms with Crippen LogP contribution in [-0.2, 0) is 9.31 Å². The largest absolute Gasteiger partial charge is 0.494 e. The Morgan fingerprint density at radius 3 is 1.14 bits per heavy atom. The van der Waals surface area contributed by atoms with Gasteiger partial charge in [0.05, 0.1) is 16.2 Å². The minimum atomic E-state index is -0.445. The van der Waals surface area contributed by atoms with Gasteiger partial charge in [-0.05, 0) is 91.5 Å². The number of furan rings is 2. The van der Waals surface area contributed by atoms with Crippen LogP contribution in [0.4, 0.5) is 0 Å². The number of hydrogen-bond acceptors (Lipinski definition) is 10. The van der Waals surface area contributed by atoms with Crippen LogP contribution in [0.2, 0.25) is 5.02 Å². The first-order valence-corrected chi connectivity index (χ1v) is 31.0. The first-order chi connectivity index (χ1) is 45.0. The van der Waals surface area contributed by atoms with Gasteiger partial charge in [-0.1, -0.05) is 254 Å². The van der Waals surface area contributed by atoms with Gasteiger partial charge in [-0.3, -0.25) is 0 Å². The molecular weight excluding hydrogens is 1160 g/mol. The Kier molecular flexibility index (Phi) is 15.1. The summed E-state index contributed by atoms with van der Waals surface area (Å²) in [7, 11) is -0.445. The van der Waals surface area contributed by atoms with Crippen molar-refractivity contribution in [2.24, 2.45) is 0 Å². The molecule has 0 atom stereocenters. The lowest BCUT2D eigenvalue weighted by Gasteiger charge is -2.32. The van der Waals surface area contributed by atoms with Gasteiger partial charge in [0.2, 0.25) is 0 Å². The van der Waals surface area contributed by atoms with Crippen LogP contribution in [0.15, 0.2) is 288 Å². The summed E-state index contributed by atoms with van der Waals surface area (Å²) in [5.74, 6) is 3.82. The van der Waals surface area contributed by atoms with Crippen molar-refractivity contribution in [1.29, 1.82) is 0 Å². The maximum Gasteiger partial charge on any atom is 0.494 e. The fourth-order valence-electron chi connectivity index (χ4n) is 11.8. The lowest BCUT2D eigenvalue weighted by Crippen LogP contribution is -2.41. The molecule has 0 amide bonds. The topological polar surface area (TPSA) is 122 Å². The summed E-state index contributed by atoms with van der Waals surface area (Å²) in [6.07, 6.45) is 0. The van der Waals surface area contributed by atoms with Crippen LogP contribution in [0, 0.1) is 0 Å². The molecule has 10 nitrogen and oxygen atoms in total. The van der Waals surface area contributed by atoms with Crippen molar-refractivity contribution in [2.75, 3.05) is 0 Å². The van der Waals surface area contributed by atoms with E-state index in [4.69, 9.17) is 59.6 Å². The van der Waals surface area contributed by atoms with E-state index < -0.39 is 18.3 Å². The first kappa shape index (κ1) is 57.5. The minimum absolute atomic E-state index is 0.401. The maximum atomic E-state index is 6.44. The van der Waals surface area contributed by atoms with E-state index >= 15 is 0 Å². The molecule has 4 aromatic heterocycles. The predicted molar refractivity (Wildman–Crippen MR) is 374 cm³/mol. The number of aromatic nitrogens is 6. The fourth-order valence-corrected chi connectivity index (χ4v) is 12.1. The smallest absolute Gasteiger partial charge is 0.455 e. The summed E-state index contributed by atoms with van der Waals surface area (Å²) >= 11 is 6.30. The molecule has 0 bridgehead atoms. The molecule has 0 unspecified atom stereocenters. The molecule has 0 aliphatic carbocycles. The van der Waals surface area contributed by atoms with Gasteiger partial charge in [0.15, 0.2) is 34.9 Å². The SMILES string of the molecule is CC1(C)OB(c2cccc(-c3nc(-c4ccccc4)nc(-c4ccccc4)n3)c2)OC1(C)C.Clc1cccc2ccc3c4ccccc4oc3c12.c1ccc(-c2nc(-c3ccccc3)nc(-c3cccc(-c4cccc5ccc6c7ccccc7oc6c45)c3)n2)cc1. The normalized spacial score (nSPS) is 13.3. The van der Waals surface area contributed by atoms with Crippen LogP contribution in [-0.4, -0.2) is 48.2 Å². The molecule has 1 aliphatic heterocycles. The molecule has 1 fully saturated rings. The quantitative estimate of drug-likeness (QED) is 0.136. The second kappa shape index (κ2) is 24.1. The Labute approximate surface area is 537 Å². The predicted octanol–water partition coefficient (Wildman–Crippen LogP) is 20.2. The number of hydrogen-bond donors (Lipinski definition) is 0. The lowest BCUT2D eigenvalue weighted by atomic mass is 9.78. The third-order valence-corrected chi connectivity index (χ3v) is 17.5. The second-order valence-electron chi connectivity index (χ2n) is 23.7. The van der Waals surface area contributed by atoms with Gasteiger partial charge in [-0.15, -0.1) is 0 Å². The van der Waals surface area contributed by atoms with E-state index in [1.807, 2.05) is 194 Å². The average Bonchev–Trinajstić information content (AvgIpc) is 1.55. The van der Waals surface area contributed by atoms with Crippen molar-refractivity contribution >= 4 is 89.6 Å². The van der Waals surface area contributed by atoms with E-state index in [0.29, 0.717) is 34.9 Å². The van der Waals surface area contributed by atoms with Gasteiger partial charge in [0.25, 0.3) is 0 Å². The average molecular weight is 1210 g/mol. The summed E-state index contributed by atoms with van der Waals surface area (Å²) in [6.45, 7) is 8.23. The van der Waals surface area contributed by atoms with Crippen LogP contribution in [0.1, 0.15) is 27.7 Å². The standard InChI is InChI=1S/C37H23N3O.C27H26BN3O2.C16H9ClO/c1-3-11-25(12-4-1)35-38-36(26-13-5-2-6-14-26)40-37(39-35)28-17-9-16-27(23-28)29-19-10-15-24-21-22-31-30-18-7-8-20-32(30)41-34(31)33(24)29;1-26(2)27(3,4)33-28(32-26)22-17-11-16-21(18-22)25-30-23(19-12-7-5-8-13-19)29-24(31-25)20-14-9-6-10-15-20;17-13-6-3-4-10-8-9-12-11-5-1-2-7-14(11)18-16(12)15(10)13/h1-23H;5-18H,1-4H3;1-9H. The van der Waals surface area contributed by atoms with Crippen LogP contribution in [0.25, 0.3) is 145 Å². The molecular formula is C80H58BClN6O4. The molecule has 0 saturated carbocycles. The molecule has 0 N–H and O–H groups in total. The zero-order valence-electron chi connectivity index (χ0n) is 50.8. The zero-order chi connectivity index (χ0) is 62.3. The van der Waals surface area contributed by atoms with Crippen LogP contribution in [0.3, 0.4) is 0 Å². The van der Waals surface area contributed by atoms with Crippen LogP contribution < -0.4 is 5.46 Å². The molecule has 1 aliphatic rings. The van der Waals surface area contributed by atoms with Gasteiger partial charge in [0.1, 0.15) is 22.3 Å². The van der Waals surface area contributed by atoms with E-state index in [9.17, 15) is 0 Å². The highest BCUT2D eigenvalue weighted by Crippen LogP contribution is 2.42. The summed E-state index contributed by atoms with van der Waals surface area (Å²) in [5.41, 5.74) is 11.5. The van der Waals surface area contributed by atoms with Gasteiger partial charge in [-0.2, -0.15) is 0 Å². The van der Waals surface area contributed by atoms with Crippen molar-refractivity contribution in [3.63, 3.8) is 0 Å². The highest BCUT2D eigenvalue weighted by molar-refractivity contribution is 6.62. The third kappa shape index (κ3) is 11.1. The van der Waals surface area contributed by atoms with Gasteiger partial charge >= 0.3 is 7.12 Å². The third-order valence-electron chi connectivity index (χ3n) is 17.2. The molecule has 5 heterocycles. The van der Waals surface area contributed by atoms with Gasteiger partial charge in [0, 0.05) is 65.7 Å². The summed E-state index contributed by atoms with van der Waals surface area (Å²) in [5, 5.41) is 9.56. The molecule has 442 valence electrons. The van der Waals surface area contributed by atoms with Crippen LogP contribution >= 0.6 is 11.6 Å². The highest BCUT2D eigenvalue weighted by atomic mass is 35.5. The molecule has 16 aromatic rings. The monoisotopic (exact) mass is 1210 g/mol. The molecule has 12 heteroatoms. The maximum absolute atomic E-state index is 6.44. The lowest BCUT2D eigenvalue weighted by molar-refractivity contribution is 0.00578. The number of halogens is 1. The summed E-state index contributed by atoms with van der Waals surface area (Å²) in [4.78, 5) is 29.1. The Bertz CT molecular complexity index is 5260. The molecule has 17 rings (SSSR count). The Morgan fingerprint density at radius 2 is 0.663 bits per heavy atom. The number of fused-ring (bicyclic) bond motifs is 10. The molecule has 92 heavy (non-hydrogen) atoms. The van der Waals surface area contributed by atoms with E-state index in [2.05, 4.69) is 113 Å². The van der Waals surface area contributed by atoms with Crippen molar-refractivity contribution < 1.29 is 18.1 Å². The van der Waals surface area contributed by atoms with E-state index in [0.717, 1.165) is 120 Å². The minimum Gasteiger partial charge on any atom is -0.455 e. The van der Waals surface area contributed by atoms with Gasteiger partial charge in [-0.25, -0.2) is 29.9 Å². The number of benzene rings is 12. The Hall–Kier alpha value is -10.9. The van der Waals surface area contributed by atoms with E-state index in [1.54, 1.807) is 0 Å². The van der Waals surface area contributed by atoms with Crippen molar-refractivity contribution in [3.8, 4) is 79.5 Å². The van der Waals surface area contributed by atoms with Crippen molar-refractivity contribution in [3.05, 3.63) is 284 Å². The fraction of sp³-hybridized carbons (Fsp3) is 0.0750. The first-order valence-electron chi connectivity index (χ1n) is 30.6. The van der Waals surface area contributed by atoms with Gasteiger partial charge < -0.3 is 18.1 Å².